The van der Waals surface area contributed by atoms with E-state index in [0.29, 0.717) is 18.8 Å². The predicted molar refractivity (Wildman–Crippen MR) is 59.1 cm³/mol. The molecule has 0 radical (unpaired) electrons. The van der Waals surface area contributed by atoms with E-state index in [0.717, 1.165) is 21.2 Å². The van der Waals surface area contributed by atoms with Crippen molar-refractivity contribution in [2.75, 3.05) is 6.61 Å². The number of aromatic hydroxyl groups is 1. The number of phenolic OH excluding ortho intramolecular Hbond substituents is 1. The van der Waals surface area contributed by atoms with Crippen molar-refractivity contribution < 1.29 is 9.94 Å². The molecule has 14 heavy (non-hydrogen) atoms. The number of phenols is 1. The minimum absolute atomic E-state index is 0.347. The molecule has 0 aliphatic carbocycles. The number of hydrogen-bond donors (Lipinski definition) is 2. The summed E-state index contributed by atoms with van der Waals surface area (Å²) in [5, 5.41) is 9.72. The highest BCUT2D eigenvalue weighted by Crippen LogP contribution is 2.31. The van der Waals surface area contributed by atoms with Crippen LogP contribution in [0.15, 0.2) is 10.5 Å². The second kappa shape index (κ2) is 4.77. The lowest BCUT2D eigenvalue weighted by atomic mass is 10.0. The van der Waals surface area contributed by atoms with Gasteiger partial charge in [-0.05, 0) is 43.0 Å². The Hall–Kier alpha value is -0.580. The van der Waals surface area contributed by atoms with Crippen LogP contribution in [0, 0.1) is 13.8 Å². The summed E-state index contributed by atoms with van der Waals surface area (Å²) in [4.78, 5) is 4.52. The van der Waals surface area contributed by atoms with Gasteiger partial charge in [-0.1, -0.05) is 15.9 Å². The van der Waals surface area contributed by atoms with Crippen LogP contribution in [0.4, 0.5) is 0 Å². The van der Waals surface area contributed by atoms with Crippen LogP contribution in [0.5, 0.6) is 5.75 Å². The number of hydrogen-bond acceptors (Lipinski definition) is 3. The molecule has 0 heterocycles. The standard InChI is InChI=1S/C10H14BrNO2/c1-6-5-9(11)8(3-4-14-12)7(2)10(6)13/h5,13H,3-4,12H2,1-2H3. The summed E-state index contributed by atoms with van der Waals surface area (Å²) >= 11 is 3.45. The molecule has 78 valence electrons. The summed E-state index contributed by atoms with van der Waals surface area (Å²) in [6.45, 7) is 4.21. The van der Waals surface area contributed by atoms with Gasteiger partial charge >= 0.3 is 0 Å². The molecule has 0 spiro atoms. The first-order chi connectivity index (χ1) is 6.57. The van der Waals surface area contributed by atoms with E-state index in [2.05, 4.69) is 20.8 Å². The molecule has 0 aromatic heterocycles. The molecule has 0 saturated carbocycles. The smallest absolute Gasteiger partial charge is 0.121 e. The maximum Gasteiger partial charge on any atom is 0.121 e. The molecule has 3 nitrogen and oxygen atoms in total. The Balaban J connectivity index is 3.09. The van der Waals surface area contributed by atoms with Gasteiger partial charge in [-0.25, -0.2) is 5.90 Å². The molecule has 3 N–H and O–H groups in total. The third kappa shape index (κ3) is 2.26. The maximum absolute atomic E-state index is 9.72. The van der Waals surface area contributed by atoms with E-state index in [1.165, 1.54) is 0 Å². The van der Waals surface area contributed by atoms with Gasteiger partial charge in [0.25, 0.3) is 0 Å². The first-order valence-electron chi connectivity index (χ1n) is 4.37. The van der Waals surface area contributed by atoms with Crippen LogP contribution < -0.4 is 5.90 Å². The van der Waals surface area contributed by atoms with Crippen molar-refractivity contribution >= 4 is 15.9 Å². The van der Waals surface area contributed by atoms with Crippen LogP contribution in [0.3, 0.4) is 0 Å². The Morgan fingerprint density at radius 2 is 2.14 bits per heavy atom. The zero-order valence-electron chi connectivity index (χ0n) is 8.30. The summed E-state index contributed by atoms with van der Waals surface area (Å²) in [6.07, 6.45) is 0.691. The van der Waals surface area contributed by atoms with Gasteiger partial charge in [-0.15, -0.1) is 0 Å². The fourth-order valence-electron chi connectivity index (χ4n) is 1.43. The van der Waals surface area contributed by atoms with E-state index >= 15 is 0 Å². The first-order valence-corrected chi connectivity index (χ1v) is 5.16. The molecular formula is C10H14BrNO2. The Morgan fingerprint density at radius 3 is 2.71 bits per heavy atom. The molecule has 0 saturated heterocycles. The summed E-state index contributed by atoms with van der Waals surface area (Å²) in [5.41, 5.74) is 2.79. The topological polar surface area (TPSA) is 55.5 Å². The van der Waals surface area contributed by atoms with Gasteiger partial charge in [0, 0.05) is 4.47 Å². The second-order valence-electron chi connectivity index (χ2n) is 3.25. The summed E-state index contributed by atoms with van der Waals surface area (Å²) in [5.74, 6) is 5.31. The Labute approximate surface area is 92.0 Å². The van der Waals surface area contributed by atoms with Gasteiger partial charge in [0.2, 0.25) is 0 Å². The number of rotatable bonds is 3. The van der Waals surface area contributed by atoms with E-state index < -0.39 is 0 Å². The Morgan fingerprint density at radius 1 is 1.50 bits per heavy atom. The van der Waals surface area contributed by atoms with Crippen LogP contribution in [0.2, 0.25) is 0 Å². The molecule has 4 heteroatoms. The molecule has 0 atom stereocenters. The molecule has 1 aromatic rings. The number of nitrogens with two attached hydrogens (primary N) is 1. The van der Waals surface area contributed by atoms with Gasteiger partial charge in [-0.3, -0.25) is 0 Å². The third-order valence-electron chi connectivity index (χ3n) is 2.28. The summed E-state index contributed by atoms with van der Waals surface area (Å²) in [7, 11) is 0. The van der Waals surface area contributed by atoms with Crippen LogP contribution >= 0.6 is 15.9 Å². The van der Waals surface area contributed by atoms with E-state index in [-0.39, 0.29) is 0 Å². The molecule has 0 fully saturated rings. The van der Waals surface area contributed by atoms with Crippen molar-refractivity contribution in [1.82, 2.24) is 0 Å². The van der Waals surface area contributed by atoms with E-state index in [4.69, 9.17) is 5.90 Å². The van der Waals surface area contributed by atoms with Gasteiger partial charge in [0.1, 0.15) is 5.75 Å². The summed E-state index contributed by atoms with van der Waals surface area (Å²) in [6, 6.07) is 1.90. The molecule has 0 amide bonds. The van der Waals surface area contributed by atoms with Gasteiger partial charge in [-0.2, -0.15) is 0 Å². The van der Waals surface area contributed by atoms with Gasteiger partial charge in [0.15, 0.2) is 0 Å². The molecular weight excluding hydrogens is 246 g/mol. The lowest BCUT2D eigenvalue weighted by Crippen LogP contribution is -2.05. The van der Waals surface area contributed by atoms with Gasteiger partial charge in [0.05, 0.1) is 6.61 Å². The van der Waals surface area contributed by atoms with Crippen molar-refractivity contribution in [3.05, 3.63) is 27.2 Å². The predicted octanol–water partition coefficient (Wildman–Crippen LogP) is 2.20. The fourth-order valence-corrected chi connectivity index (χ4v) is 2.27. The van der Waals surface area contributed by atoms with Crippen LogP contribution in [-0.2, 0) is 11.3 Å². The molecule has 0 unspecified atom stereocenters. The monoisotopic (exact) mass is 259 g/mol. The largest absolute Gasteiger partial charge is 0.507 e. The zero-order valence-corrected chi connectivity index (χ0v) is 9.89. The minimum Gasteiger partial charge on any atom is -0.507 e. The maximum atomic E-state index is 9.72. The number of halogens is 1. The second-order valence-corrected chi connectivity index (χ2v) is 4.10. The quantitative estimate of drug-likeness (QED) is 0.819. The van der Waals surface area contributed by atoms with E-state index in [1.54, 1.807) is 0 Å². The lowest BCUT2D eigenvalue weighted by molar-refractivity contribution is 0.141. The van der Waals surface area contributed by atoms with Crippen LogP contribution in [0.25, 0.3) is 0 Å². The summed E-state index contributed by atoms with van der Waals surface area (Å²) < 4.78 is 0.988. The van der Waals surface area contributed by atoms with Crippen molar-refractivity contribution in [3.8, 4) is 5.75 Å². The van der Waals surface area contributed by atoms with Crippen molar-refractivity contribution in [2.24, 2.45) is 5.90 Å². The molecule has 0 aliphatic heterocycles. The third-order valence-corrected chi connectivity index (χ3v) is 2.99. The highest BCUT2D eigenvalue weighted by atomic mass is 79.9. The Kier molecular flexibility index (Phi) is 3.92. The number of aryl methyl sites for hydroxylation is 1. The molecule has 1 rings (SSSR count). The SMILES string of the molecule is Cc1cc(Br)c(CCON)c(C)c1O. The minimum atomic E-state index is 0.347. The van der Waals surface area contributed by atoms with Crippen LogP contribution in [-0.4, -0.2) is 11.7 Å². The molecule has 1 aromatic carbocycles. The zero-order chi connectivity index (χ0) is 10.7. The van der Waals surface area contributed by atoms with Crippen molar-refractivity contribution in [2.45, 2.75) is 20.3 Å². The molecule has 0 aliphatic rings. The Bertz CT molecular complexity index is 339. The first kappa shape index (κ1) is 11.5. The average Bonchev–Trinajstić information content (AvgIpc) is 2.14. The molecule has 0 bridgehead atoms. The van der Waals surface area contributed by atoms with Crippen molar-refractivity contribution in [1.29, 1.82) is 0 Å². The van der Waals surface area contributed by atoms with E-state index in [9.17, 15) is 5.11 Å². The van der Waals surface area contributed by atoms with Gasteiger partial charge < -0.3 is 9.94 Å². The highest BCUT2D eigenvalue weighted by Gasteiger charge is 2.10. The van der Waals surface area contributed by atoms with Crippen molar-refractivity contribution in [3.63, 3.8) is 0 Å². The average molecular weight is 260 g/mol. The fraction of sp³-hybridized carbons (Fsp3) is 0.400. The normalized spacial score (nSPS) is 10.6. The highest BCUT2D eigenvalue weighted by molar-refractivity contribution is 9.10. The van der Waals surface area contributed by atoms with E-state index in [1.807, 2.05) is 19.9 Å². The lowest BCUT2D eigenvalue weighted by Gasteiger charge is -2.11. The van der Waals surface area contributed by atoms with Crippen LogP contribution in [0.1, 0.15) is 16.7 Å². The number of benzene rings is 1.